The third-order valence-electron chi connectivity index (χ3n) is 3.24. The molecule has 4 heteroatoms. The predicted octanol–water partition coefficient (Wildman–Crippen LogP) is 1.67. The second-order valence-corrected chi connectivity index (χ2v) is 4.75. The van der Waals surface area contributed by atoms with E-state index in [1.54, 1.807) is 0 Å². The third kappa shape index (κ3) is 4.91. The van der Waals surface area contributed by atoms with Crippen LogP contribution in [0, 0.1) is 0 Å². The van der Waals surface area contributed by atoms with E-state index >= 15 is 0 Å². The molecule has 1 aliphatic rings. The summed E-state index contributed by atoms with van der Waals surface area (Å²) < 4.78 is 5.56. The maximum atomic E-state index is 12.1. The van der Waals surface area contributed by atoms with Gasteiger partial charge in [-0.2, -0.15) is 0 Å². The van der Waals surface area contributed by atoms with E-state index < -0.39 is 0 Å². The second kappa shape index (κ2) is 7.79. The Kier molecular flexibility index (Phi) is 5.69. The fraction of sp³-hybridized carbons (Fsp3) is 0.533. The van der Waals surface area contributed by atoms with E-state index in [0.717, 1.165) is 44.8 Å². The number of ether oxygens (including phenoxy) is 1. The van der Waals surface area contributed by atoms with Gasteiger partial charge in [-0.15, -0.1) is 0 Å². The molecule has 19 heavy (non-hydrogen) atoms. The van der Waals surface area contributed by atoms with Gasteiger partial charge in [-0.05, 0) is 38.1 Å². The van der Waals surface area contributed by atoms with Crippen LogP contribution in [-0.4, -0.2) is 43.6 Å². The highest BCUT2D eigenvalue weighted by Crippen LogP contribution is 2.09. The quantitative estimate of drug-likeness (QED) is 0.897. The van der Waals surface area contributed by atoms with Gasteiger partial charge in [-0.1, -0.05) is 18.2 Å². The largest absolute Gasteiger partial charge is 0.493 e. The van der Waals surface area contributed by atoms with Crippen LogP contribution in [0.1, 0.15) is 19.3 Å². The smallest absolute Gasteiger partial charge is 0.225 e. The normalized spacial score (nSPS) is 16.5. The van der Waals surface area contributed by atoms with E-state index in [2.05, 4.69) is 5.32 Å². The summed E-state index contributed by atoms with van der Waals surface area (Å²) in [6, 6.07) is 9.63. The lowest BCUT2D eigenvalue weighted by atomic mass is 10.2. The summed E-state index contributed by atoms with van der Waals surface area (Å²) in [5.74, 6) is 1.03. The van der Waals surface area contributed by atoms with Crippen LogP contribution >= 0.6 is 0 Å². The topological polar surface area (TPSA) is 41.6 Å². The first-order valence-electron chi connectivity index (χ1n) is 7.02. The Labute approximate surface area is 114 Å². The Morgan fingerprint density at radius 2 is 1.84 bits per heavy atom. The van der Waals surface area contributed by atoms with Crippen molar-refractivity contribution in [3.8, 4) is 5.75 Å². The van der Waals surface area contributed by atoms with Crippen LogP contribution in [0.25, 0.3) is 0 Å². The average molecular weight is 262 g/mol. The fourth-order valence-electron chi connectivity index (χ4n) is 2.21. The van der Waals surface area contributed by atoms with Gasteiger partial charge in [0.1, 0.15) is 5.75 Å². The number of amides is 1. The third-order valence-corrected chi connectivity index (χ3v) is 3.24. The van der Waals surface area contributed by atoms with Crippen molar-refractivity contribution in [1.82, 2.24) is 10.2 Å². The molecule has 0 aromatic heterocycles. The summed E-state index contributed by atoms with van der Waals surface area (Å²) in [5, 5.41) is 3.35. The number of rotatable bonds is 4. The molecule has 0 spiro atoms. The van der Waals surface area contributed by atoms with Crippen LogP contribution in [0.5, 0.6) is 5.75 Å². The first-order chi connectivity index (χ1) is 9.36. The molecule has 0 bridgehead atoms. The molecule has 1 saturated heterocycles. The molecule has 0 unspecified atom stereocenters. The van der Waals surface area contributed by atoms with Gasteiger partial charge in [-0.3, -0.25) is 4.79 Å². The van der Waals surface area contributed by atoms with E-state index in [9.17, 15) is 4.79 Å². The summed E-state index contributed by atoms with van der Waals surface area (Å²) in [6.45, 7) is 4.18. The lowest BCUT2D eigenvalue weighted by Crippen LogP contribution is -2.38. The van der Waals surface area contributed by atoms with Crippen molar-refractivity contribution in [3.63, 3.8) is 0 Å². The molecular weight excluding hydrogens is 240 g/mol. The minimum absolute atomic E-state index is 0.206. The number of carbonyl (C=O) groups excluding carboxylic acids is 1. The average Bonchev–Trinajstić information content (AvgIpc) is 2.39. The molecule has 1 N–H and O–H groups in total. The van der Waals surface area contributed by atoms with Gasteiger partial charge in [0, 0.05) is 13.1 Å². The number of benzene rings is 1. The molecule has 104 valence electrons. The van der Waals surface area contributed by atoms with Gasteiger partial charge in [0.15, 0.2) is 0 Å². The maximum absolute atomic E-state index is 12.1. The predicted molar refractivity (Wildman–Crippen MR) is 75.2 cm³/mol. The lowest BCUT2D eigenvalue weighted by Gasteiger charge is -2.25. The van der Waals surface area contributed by atoms with Crippen LogP contribution in [0.2, 0.25) is 0 Å². The molecule has 0 saturated carbocycles. The van der Waals surface area contributed by atoms with Crippen LogP contribution in [0.3, 0.4) is 0 Å². The molecule has 0 atom stereocenters. The number of nitrogens with one attached hydrogen (secondary N) is 1. The first kappa shape index (κ1) is 13.9. The van der Waals surface area contributed by atoms with Gasteiger partial charge in [0.25, 0.3) is 0 Å². The molecule has 1 aliphatic heterocycles. The van der Waals surface area contributed by atoms with Crippen molar-refractivity contribution in [3.05, 3.63) is 30.3 Å². The first-order valence-corrected chi connectivity index (χ1v) is 7.02. The number of hydrogen-bond donors (Lipinski definition) is 1. The van der Waals surface area contributed by atoms with Crippen molar-refractivity contribution in [2.45, 2.75) is 19.3 Å². The molecule has 1 amide bonds. The molecule has 2 rings (SSSR count). The zero-order valence-corrected chi connectivity index (χ0v) is 11.3. The van der Waals surface area contributed by atoms with Gasteiger partial charge in [0.05, 0.1) is 13.0 Å². The van der Waals surface area contributed by atoms with E-state index in [-0.39, 0.29) is 5.91 Å². The van der Waals surface area contributed by atoms with E-state index in [1.165, 1.54) is 0 Å². The zero-order valence-electron chi connectivity index (χ0n) is 11.3. The van der Waals surface area contributed by atoms with Gasteiger partial charge < -0.3 is 15.0 Å². The standard InChI is InChI=1S/C15H22N2O2/c18-15(17-11-4-9-16-10-5-12-17)8-13-19-14-6-2-1-3-7-14/h1-3,6-7,16H,4-5,8-13H2. The summed E-state index contributed by atoms with van der Waals surface area (Å²) in [7, 11) is 0. The zero-order chi connectivity index (χ0) is 13.3. The summed E-state index contributed by atoms with van der Waals surface area (Å²) in [4.78, 5) is 14.0. The van der Waals surface area contributed by atoms with E-state index in [1.807, 2.05) is 35.2 Å². The Bertz CT molecular complexity index is 373. The maximum Gasteiger partial charge on any atom is 0.225 e. The van der Waals surface area contributed by atoms with E-state index in [4.69, 9.17) is 4.74 Å². The summed E-state index contributed by atoms with van der Waals surface area (Å²) in [6.07, 6.45) is 2.53. The number of hydrogen-bond acceptors (Lipinski definition) is 3. The number of carbonyl (C=O) groups is 1. The second-order valence-electron chi connectivity index (χ2n) is 4.75. The van der Waals surface area contributed by atoms with Crippen LogP contribution < -0.4 is 10.1 Å². The SMILES string of the molecule is O=C(CCOc1ccccc1)N1CCCNCCC1. The Morgan fingerprint density at radius 3 is 2.53 bits per heavy atom. The molecule has 1 heterocycles. The monoisotopic (exact) mass is 262 g/mol. The van der Waals surface area contributed by atoms with Gasteiger partial charge in [-0.25, -0.2) is 0 Å². The van der Waals surface area contributed by atoms with Crippen LogP contribution in [0.15, 0.2) is 30.3 Å². The van der Waals surface area contributed by atoms with Crippen LogP contribution in [0.4, 0.5) is 0 Å². The highest BCUT2D eigenvalue weighted by atomic mass is 16.5. The highest BCUT2D eigenvalue weighted by molar-refractivity contribution is 5.76. The summed E-state index contributed by atoms with van der Waals surface area (Å²) in [5.41, 5.74) is 0. The Morgan fingerprint density at radius 1 is 1.16 bits per heavy atom. The minimum atomic E-state index is 0.206. The van der Waals surface area contributed by atoms with Crippen molar-refractivity contribution < 1.29 is 9.53 Å². The van der Waals surface area contributed by atoms with Crippen molar-refractivity contribution in [2.75, 3.05) is 32.8 Å². The molecule has 1 aromatic carbocycles. The molecular formula is C15H22N2O2. The van der Waals surface area contributed by atoms with Gasteiger partial charge >= 0.3 is 0 Å². The highest BCUT2D eigenvalue weighted by Gasteiger charge is 2.14. The lowest BCUT2D eigenvalue weighted by molar-refractivity contribution is -0.132. The van der Waals surface area contributed by atoms with Crippen LogP contribution in [-0.2, 0) is 4.79 Å². The summed E-state index contributed by atoms with van der Waals surface area (Å²) >= 11 is 0. The number of nitrogens with zero attached hydrogens (tertiary/aromatic N) is 1. The van der Waals surface area contributed by atoms with Gasteiger partial charge in [0.2, 0.25) is 5.91 Å². The molecule has 4 nitrogen and oxygen atoms in total. The molecule has 0 radical (unpaired) electrons. The minimum Gasteiger partial charge on any atom is -0.493 e. The van der Waals surface area contributed by atoms with Crippen molar-refractivity contribution in [2.24, 2.45) is 0 Å². The molecule has 1 fully saturated rings. The fourth-order valence-corrected chi connectivity index (χ4v) is 2.21. The van der Waals surface area contributed by atoms with Crippen molar-refractivity contribution >= 4 is 5.91 Å². The number of para-hydroxylation sites is 1. The molecule has 1 aromatic rings. The Hall–Kier alpha value is -1.55. The Balaban J connectivity index is 1.71. The molecule has 0 aliphatic carbocycles. The van der Waals surface area contributed by atoms with Crippen molar-refractivity contribution in [1.29, 1.82) is 0 Å². The van der Waals surface area contributed by atoms with E-state index in [0.29, 0.717) is 13.0 Å².